The maximum Gasteiger partial charge on any atom is 0.231 e. The average Bonchev–Trinajstić information content (AvgIpc) is 3.08. The second kappa shape index (κ2) is 8.05. The summed E-state index contributed by atoms with van der Waals surface area (Å²) in [4.78, 5) is 0. The van der Waals surface area contributed by atoms with Gasteiger partial charge >= 0.3 is 0 Å². The first-order chi connectivity index (χ1) is 13.0. The van der Waals surface area contributed by atoms with E-state index < -0.39 is 0 Å². The van der Waals surface area contributed by atoms with E-state index in [4.69, 9.17) is 18.9 Å². The molecule has 0 unspecified atom stereocenters. The Labute approximate surface area is 159 Å². The number of fused-ring (bicyclic) bond motifs is 1. The van der Waals surface area contributed by atoms with Crippen LogP contribution in [0.5, 0.6) is 23.0 Å². The summed E-state index contributed by atoms with van der Waals surface area (Å²) in [6.07, 6.45) is 1.89. The van der Waals surface area contributed by atoms with E-state index in [2.05, 4.69) is 6.07 Å². The molecule has 0 N–H and O–H groups in total. The summed E-state index contributed by atoms with van der Waals surface area (Å²) in [5, 5.41) is 9.68. The van der Waals surface area contributed by atoms with Gasteiger partial charge < -0.3 is 18.9 Å². The van der Waals surface area contributed by atoms with Gasteiger partial charge in [0.05, 0.1) is 23.9 Å². The molecule has 0 atom stereocenters. The largest absolute Gasteiger partial charge is 0.491 e. The van der Waals surface area contributed by atoms with Crippen molar-refractivity contribution in [3.05, 3.63) is 47.5 Å². The van der Waals surface area contributed by atoms with Gasteiger partial charge in [0.2, 0.25) is 6.79 Å². The Kier molecular flexibility index (Phi) is 5.56. The van der Waals surface area contributed by atoms with Crippen molar-refractivity contribution in [1.82, 2.24) is 0 Å². The molecule has 0 saturated carbocycles. The smallest absolute Gasteiger partial charge is 0.231 e. The van der Waals surface area contributed by atoms with Gasteiger partial charge in [-0.05, 0) is 69.7 Å². The zero-order valence-corrected chi connectivity index (χ0v) is 16.0. The van der Waals surface area contributed by atoms with Crippen LogP contribution >= 0.6 is 0 Å². The van der Waals surface area contributed by atoms with Crippen molar-refractivity contribution >= 4 is 11.6 Å². The molecule has 1 aliphatic rings. The SMILES string of the molecule is CC(C)Oc1ccc(/C=C(/C#N)c2ccc3c(c2)OCO3)c(OC(C)C)c1. The Balaban J connectivity index is 1.98. The monoisotopic (exact) mass is 365 g/mol. The van der Waals surface area contributed by atoms with Crippen LogP contribution < -0.4 is 18.9 Å². The van der Waals surface area contributed by atoms with E-state index in [-0.39, 0.29) is 19.0 Å². The molecule has 1 heterocycles. The second-order valence-corrected chi connectivity index (χ2v) is 6.77. The van der Waals surface area contributed by atoms with Crippen molar-refractivity contribution < 1.29 is 18.9 Å². The minimum Gasteiger partial charge on any atom is -0.491 e. The summed E-state index contributed by atoms with van der Waals surface area (Å²) >= 11 is 0. The summed E-state index contributed by atoms with van der Waals surface area (Å²) in [5.41, 5.74) is 2.09. The molecule has 0 spiro atoms. The van der Waals surface area contributed by atoms with Gasteiger partial charge in [-0.25, -0.2) is 0 Å². The fourth-order valence-corrected chi connectivity index (χ4v) is 2.74. The fraction of sp³-hybridized carbons (Fsp3) is 0.318. The van der Waals surface area contributed by atoms with E-state index in [1.54, 1.807) is 0 Å². The lowest BCUT2D eigenvalue weighted by molar-refractivity contribution is 0.174. The van der Waals surface area contributed by atoms with Crippen LogP contribution in [0.1, 0.15) is 38.8 Å². The van der Waals surface area contributed by atoms with Gasteiger partial charge in [-0.1, -0.05) is 0 Å². The number of allylic oxidation sites excluding steroid dienone is 1. The molecule has 0 aliphatic carbocycles. The summed E-state index contributed by atoms with van der Waals surface area (Å²) in [6.45, 7) is 8.08. The van der Waals surface area contributed by atoms with Gasteiger partial charge in [-0.2, -0.15) is 5.26 Å². The summed E-state index contributed by atoms with van der Waals surface area (Å²) < 4.78 is 22.5. The lowest BCUT2D eigenvalue weighted by Gasteiger charge is -2.16. The highest BCUT2D eigenvalue weighted by molar-refractivity contribution is 5.91. The molecule has 0 amide bonds. The number of rotatable bonds is 6. The molecule has 3 rings (SSSR count). The number of hydrogen-bond donors (Lipinski definition) is 0. The summed E-state index contributed by atoms with van der Waals surface area (Å²) in [7, 11) is 0. The van der Waals surface area contributed by atoms with E-state index in [9.17, 15) is 5.26 Å². The highest BCUT2D eigenvalue weighted by atomic mass is 16.7. The molecular formula is C22H23NO4. The van der Waals surface area contributed by atoms with E-state index in [0.29, 0.717) is 22.8 Å². The lowest BCUT2D eigenvalue weighted by Crippen LogP contribution is -2.09. The van der Waals surface area contributed by atoms with Gasteiger partial charge in [0, 0.05) is 11.6 Å². The summed E-state index contributed by atoms with van der Waals surface area (Å²) in [6, 6.07) is 13.4. The van der Waals surface area contributed by atoms with Crippen LogP contribution in [0.3, 0.4) is 0 Å². The minimum absolute atomic E-state index is 0.00234. The first kappa shape index (κ1) is 18.7. The van der Waals surface area contributed by atoms with Crippen molar-refractivity contribution in [3.8, 4) is 29.1 Å². The van der Waals surface area contributed by atoms with Gasteiger partial charge in [0.1, 0.15) is 11.5 Å². The van der Waals surface area contributed by atoms with Crippen LogP contribution in [0.2, 0.25) is 0 Å². The van der Waals surface area contributed by atoms with Crippen LogP contribution in [0.4, 0.5) is 0 Å². The predicted molar refractivity (Wildman–Crippen MR) is 104 cm³/mol. The molecule has 140 valence electrons. The number of ether oxygens (including phenoxy) is 4. The first-order valence-electron chi connectivity index (χ1n) is 8.95. The predicted octanol–water partition coefficient (Wildman–Crippen LogP) is 5.05. The number of hydrogen-bond acceptors (Lipinski definition) is 5. The standard InChI is InChI=1S/C22H23NO4/c1-14(2)26-19-7-5-17(21(11-19)27-15(3)4)9-18(12-23)16-6-8-20-22(10-16)25-13-24-20/h5-11,14-15H,13H2,1-4H3/b18-9-. The molecule has 2 aromatic carbocycles. The van der Waals surface area contributed by atoms with Crippen LogP contribution in [0, 0.1) is 11.3 Å². The average molecular weight is 365 g/mol. The normalized spacial score (nSPS) is 13.0. The summed E-state index contributed by atoms with van der Waals surface area (Å²) in [5.74, 6) is 2.75. The highest BCUT2D eigenvalue weighted by Crippen LogP contribution is 2.36. The van der Waals surface area contributed by atoms with E-state index >= 15 is 0 Å². The fourth-order valence-electron chi connectivity index (χ4n) is 2.74. The van der Waals surface area contributed by atoms with Crippen LogP contribution in [0.25, 0.3) is 11.6 Å². The maximum atomic E-state index is 9.68. The Hall–Kier alpha value is -3.13. The molecule has 0 fully saturated rings. The van der Waals surface area contributed by atoms with Crippen molar-refractivity contribution in [2.24, 2.45) is 0 Å². The van der Waals surface area contributed by atoms with E-state index in [1.807, 2.05) is 70.2 Å². The third-order valence-corrected chi connectivity index (χ3v) is 3.82. The molecule has 27 heavy (non-hydrogen) atoms. The molecule has 0 aromatic heterocycles. The molecule has 2 aromatic rings. The van der Waals surface area contributed by atoms with Gasteiger partial charge in [-0.3, -0.25) is 0 Å². The van der Waals surface area contributed by atoms with Crippen LogP contribution in [-0.4, -0.2) is 19.0 Å². The zero-order chi connectivity index (χ0) is 19.4. The third kappa shape index (κ3) is 4.53. The Morgan fingerprint density at radius 3 is 2.44 bits per heavy atom. The van der Waals surface area contributed by atoms with E-state index in [1.165, 1.54) is 0 Å². The van der Waals surface area contributed by atoms with Crippen LogP contribution in [0.15, 0.2) is 36.4 Å². The Morgan fingerprint density at radius 2 is 1.74 bits per heavy atom. The van der Waals surface area contributed by atoms with E-state index in [0.717, 1.165) is 16.9 Å². The van der Waals surface area contributed by atoms with Crippen molar-refractivity contribution in [2.45, 2.75) is 39.9 Å². The number of nitrogens with zero attached hydrogens (tertiary/aromatic N) is 1. The molecule has 0 bridgehead atoms. The minimum atomic E-state index is 0.00234. The Morgan fingerprint density at radius 1 is 1.00 bits per heavy atom. The number of nitriles is 1. The van der Waals surface area contributed by atoms with Crippen molar-refractivity contribution in [2.75, 3.05) is 6.79 Å². The molecule has 5 heteroatoms. The third-order valence-electron chi connectivity index (χ3n) is 3.82. The maximum absolute atomic E-state index is 9.68. The molecular weight excluding hydrogens is 342 g/mol. The van der Waals surface area contributed by atoms with Gasteiger partial charge in [0.25, 0.3) is 0 Å². The Bertz CT molecular complexity index is 894. The number of benzene rings is 2. The van der Waals surface area contributed by atoms with Gasteiger partial charge in [0.15, 0.2) is 11.5 Å². The lowest BCUT2D eigenvalue weighted by atomic mass is 10.0. The first-order valence-corrected chi connectivity index (χ1v) is 8.95. The highest BCUT2D eigenvalue weighted by Gasteiger charge is 2.15. The molecule has 0 radical (unpaired) electrons. The second-order valence-electron chi connectivity index (χ2n) is 6.77. The molecule has 0 saturated heterocycles. The topological polar surface area (TPSA) is 60.7 Å². The van der Waals surface area contributed by atoms with Crippen LogP contribution in [-0.2, 0) is 0 Å². The van der Waals surface area contributed by atoms with Gasteiger partial charge in [-0.15, -0.1) is 0 Å². The van der Waals surface area contributed by atoms with Crippen molar-refractivity contribution in [1.29, 1.82) is 5.26 Å². The quantitative estimate of drug-likeness (QED) is 0.529. The molecule has 1 aliphatic heterocycles. The molecule has 5 nitrogen and oxygen atoms in total. The zero-order valence-electron chi connectivity index (χ0n) is 16.0. The van der Waals surface area contributed by atoms with Crippen molar-refractivity contribution in [3.63, 3.8) is 0 Å².